The molecule has 0 bridgehead atoms. The van der Waals surface area contributed by atoms with Gasteiger partial charge in [-0.3, -0.25) is 0 Å². The Bertz CT molecular complexity index is 400. The van der Waals surface area contributed by atoms with Gasteiger partial charge >= 0.3 is 0 Å². The Kier molecular flexibility index (Phi) is 3.25. The highest BCUT2D eigenvalue weighted by Gasteiger charge is 2.30. The Balaban J connectivity index is 2.80. The molecule has 0 saturated carbocycles. The molecule has 0 fully saturated rings. The van der Waals surface area contributed by atoms with Crippen LogP contribution in [0.5, 0.6) is 0 Å². The van der Waals surface area contributed by atoms with Crippen molar-refractivity contribution in [2.75, 3.05) is 0 Å². The van der Waals surface area contributed by atoms with Gasteiger partial charge in [0, 0.05) is 0 Å². The first-order chi connectivity index (χ1) is 6.74. The van der Waals surface area contributed by atoms with Gasteiger partial charge in [0.1, 0.15) is 5.76 Å². The van der Waals surface area contributed by atoms with Gasteiger partial charge in [0.05, 0.1) is 17.1 Å². The lowest BCUT2D eigenvalue weighted by Crippen LogP contribution is -2.40. The zero-order chi connectivity index (χ0) is 11.7. The van der Waals surface area contributed by atoms with E-state index in [9.17, 15) is 8.42 Å². The van der Waals surface area contributed by atoms with Gasteiger partial charge in [-0.05, 0) is 39.8 Å². The van der Waals surface area contributed by atoms with Crippen molar-refractivity contribution in [1.29, 1.82) is 0 Å². The van der Waals surface area contributed by atoms with E-state index in [1.165, 1.54) is 6.26 Å². The van der Waals surface area contributed by atoms with E-state index < -0.39 is 14.8 Å². The molecule has 1 aromatic rings. The molecule has 1 heterocycles. The highest BCUT2D eigenvalue weighted by atomic mass is 32.2. The minimum atomic E-state index is -3.33. The van der Waals surface area contributed by atoms with Crippen molar-refractivity contribution in [2.24, 2.45) is 0 Å². The average molecular weight is 231 g/mol. The zero-order valence-electron chi connectivity index (χ0n) is 9.44. The van der Waals surface area contributed by atoms with E-state index in [0.717, 1.165) is 0 Å². The highest BCUT2D eigenvalue weighted by Crippen LogP contribution is 2.19. The van der Waals surface area contributed by atoms with Gasteiger partial charge in [-0.1, -0.05) is 0 Å². The van der Waals surface area contributed by atoms with Crippen molar-refractivity contribution in [1.82, 2.24) is 4.72 Å². The molecule has 0 aliphatic heterocycles. The third kappa shape index (κ3) is 2.82. The van der Waals surface area contributed by atoms with Gasteiger partial charge in [0.15, 0.2) is 0 Å². The minimum absolute atomic E-state index is 0.343. The van der Waals surface area contributed by atoms with Crippen LogP contribution in [0, 0.1) is 0 Å². The zero-order valence-corrected chi connectivity index (χ0v) is 10.3. The van der Waals surface area contributed by atoms with E-state index in [0.29, 0.717) is 5.76 Å². The van der Waals surface area contributed by atoms with Gasteiger partial charge in [0.25, 0.3) is 0 Å². The van der Waals surface area contributed by atoms with Crippen LogP contribution in [0.15, 0.2) is 22.8 Å². The summed E-state index contributed by atoms with van der Waals surface area (Å²) in [5.74, 6) is 0.614. The number of furan rings is 1. The van der Waals surface area contributed by atoms with Crippen LogP contribution >= 0.6 is 0 Å². The van der Waals surface area contributed by atoms with Crippen molar-refractivity contribution in [3.63, 3.8) is 0 Å². The molecule has 0 spiro atoms. The molecule has 1 N–H and O–H groups in total. The van der Waals surface area contributed by atoms with Crippen molar-refractivity contribution in [3.8, 4) is 0 Å². The van der Waals surface area contributed by atoms with E-state index in [1.54, 1.807) is 39.8 Å². The molecule has 0 unspecified atom stereocenters. The first-order valence-corrected chi connectivity index (χ1v) is 6.27. The van der Waals surface area contributed by atoms with Crippen LogP contribution in [0.4, 0.5) is 0 Å². The quantitative estimate of drug-likeness (QED) is 0.866. The maximum absolute atomic E-state index is 11.8. The Morgan fingerprint density at radius 1 is 1.40 bits per heavy atom. The lowest BCUT2D eigenvalue weighted by molar-refractivity contribution is 0.454. The fourth-order valence-electron chi connectivity index (χ4n) is 1.01. The van der Waals surface area contributed by atoms with Crippen LogP contribution in [-0.4, -0.2) is 13.2 Å². The van der Waals surface area contributed by atoms with Crippen molar-refractivity contribution in [2.45, 2.75) is 38.5 Å². The molecule has 86 valence electrons. The highest BCUT2D eigenvalue weighted by molar-refractivity contribution is 7.90. The van der Waals surface area contributed by atoms with Crippen LogP contribution in [0.3, 0.4) is 0 Å². The fraction of sp³-hybridized carbons (Fsp3) is 0.600. The van der Waals surface area contributed by atoms with Crippen LogP contribution < -0.4 is 4.72 Å². The molecule has 15 heavy (non-hydrogen) atoms. The number of sulfonamides is 1. The molecule has 0 saturated heterocycles. The Hall–Kier alpha value is -0.810. The second-order valence-corrected chi connectivity index (χ2v) is 6.94. The lowest BCUT2D eigenvalue weighted by atomic mass is 10.3. The van der Waals surface area contributed by atoms with Crippen LogP contribution in [-0.2, 0) is 10.0 Å². The summed E-state index contributed by atoms with van der Waals surface area (Å²) < 4.78 is 30.5. The summed E-state index contributed by atoms with van der Waals surface area (Å²) in [6.07, 6.45) is 1.53. The molecular formula is C10H17NO3S. The number of rotatable bonds is 3. The molecule has 1 atom stereocenters. The van der Waals surface area contributed by atoms with E-state index in [2.05, 4.69) is 4.72 Å². The second-order valence-electron chi connectivity index (χ2n) is 4.47. The summed E-state index contributed by atoms with van der Waals surface area (Å²) in [4.78, 5) is 0. The normalized spacial score (nSPS) is 15.2. The SMILES string of the molecule is C[C@@H](NS(=O)(=O)C(C)(C)C)c1ccco1. The molecule has 0 amide bonds. The number of nitrogens with one attached hydrogen (secondary N) is 1. The van der Waals surface area contributed by atoms with Gasteiger partial charge in [-0.25, -0.2) is 13.1 Å². The second kappa shape index (κ2) is 3.98. The Morgan fingerprint density at radius 3 is 2.40 bits per heavy atom. The van der Waals surface area contributed by atoms with E-state index >= 15 is 0 Å². The molecule has 1 aromatic heterocycles. The molecule has 0 aliphatic carbocycles. The fourth-order valence-corrected chi connectivity index (χ4v) is 1.94. The minimum Gasteiger partial charge on any atom is -0.468 e. The maximum atomic E-state index is 11.8. The Labute approximate surface area is 90.7 Å². The van der Waals surface area contributed by atoms with Crippen LogP contribution in [0.2, 0.25) is 0 Å². The summed E-state index contributed by atoms with van der Waals surface area (Å²) in [5.41, 5.74) is 0. The Morgan fingerprint density at radius 2 is 2.00 bits per heavy atom. The number of hydrogen-bond donors (Lipinski definition) is 1. The molecule has 0 aromatic carbocycles. The van der Waals surface area contributed by atoms with Gasteiger partial charge in [-0.2, -0.15) is 0 Å². The average Bonchev–Trinajstić information content (AvgIpc) is 2.51. The molecule has 5 heteroatoms. The maximum Gasteiger partial charge on any atom is 0.217 e. The largest absolute Gasteiger partial charge is 0.468 e. The van der Waals surface area contributed by atoms with E-state index in [-0.39, 0.29) is 6.04 Å². The lowest BCUT2D eigenvalue weighted by Gasteiger charge is -2.22. The van der Waals surface area contributed by atoms with Gasteiger partial charge < -0.3 is 4.42 Å². The summed E-state index contributed by atoms with van der Waals surface area (Å²) in [6, 6.07) is 3.14. The van der Waals surface area contributed by atoms with Crippen molar-refractivity contribution >= 4 is 10.0 Å². The first kappa shape index (κ1) is 12.3. The van der Waals surface area contributed by atoms with Crippen molar-refractivity contribution in [3.05, 3.63) is 24.2 Å². The molecule has 1 rings (SSSR count). The first-order valence-electron chi connectivity index (χ1n) is 4.79. The smallest absolute Gasteiger partial charge is 0.217 e. The van der Waals surface area contributed by atoms with Crippen LogP contribution in [0.1, 0.15) is 39.5 Å². The van der Waals surface area contributed by atoms with Crippen molar-refractivity contribution < 1.29 is 12.8 Å². The molecular weight excluding hydrogens is 214 g/mol. The molecule has 4 nitrogen and oxygen atoms in total. The summed E-state index contributed by atoms with van der Waals surface area (Å²) >= 11 is 0. The van der Waals surface area contributed by atoms with E-state index in [4.69, 9.17) is 4.42 Å². The molecule has 0 radical (unpaired) electrons. The van der Waals surface area contributed by atoms with Gasteiger partial charge in [-0.15, -0.1) is 0 Å². The predicted octanol–water partition coefficient (Wildman–Crippen LogP) is 2.06. The molecule has 0 aliphatic rings. The summed E-state index contributed by atoms with van der Waals surface area (Å²) in [5, 5.41) is 0. The standard InChI is InChI=1S/C10H17NO3S/c1-8(9-6-5-7-14-9)11-15(12,13)10(2,3)4/h5-8,11H,1-4H3/t8-/m1/s1. The summed E-state index contributed by atoms with van der Waals surface area (Å²) in [6.45, 7) is 6.72. The topological polar surface area (TPSA) is 59.3 Å². The van der Waals surface area contributed by atoms with Crippen LogP contribution in [0.25, 0.3) is 0 Å². The van der Waals surface area contributed by atoms with Gasteiger partial charge in [0.2, 0.25) is 10.0 Å². The number of hydrogen-bond acceptors (Lipinski definition) is 3. The third-order valence-electron chi connectivity index (χ3n) is 2.11. The summed E-state index contributed by atoms with van der Waals surface area (Å²) in [7, 11) is -3.33. The monoisotopic (exact) mass is 231 g/mol. The predicted molar refractivity (Wildman–Crippen MR) is 58.9 cm³/mol. The van der Waals surface area contributed by atoms with E-state index in [1.807, 2.05) is 0 Å². The third-order valence-corrected chi connectivity index (χ3v) is 4.38.